The minimum absolute atomic E-state index is 0.155. The van der Waals surface area contributed by atoms with Crippen LogP contribution in [0, 0.1) is 15.9 Å². The van der Waals surface area contributed by atoms with Crippen LogP contribution >= 0.6 is 15.9 Å². The second kappa shape index (κ2) is 3.83. The van der Waals surface area contributed by atoms with Gasteiger partial charge >= 0.3 is 0 Å². The van der Waals surface area contributed by atoms with Gasteiger partial charge in [0.1, 0.15) is 10.7 Å². The maximum Gasteiger partial charge on any atom is 0.286 e. The number of nitrogens with two attached hydrogens (primary N) is 1. The molecule has 15 heavy (non-hydrogen) atoms. The lowest BCUT2D eigenvalue weighted by molar-refractivity contribution is -0.385. The van der Waals surface area contributed by atoms with Gasteiger partial charge < -0.3 is 0 Å². The molecule has 0 unspecified atom stereocenters. The predicted octanol–water partition coefficient (Wildman–Crippen LogP) is 1.14. The average molecular weight is 299 g/mol. The average Bonchev–Trinajstić information content (AvgIpc) is 2.06. The highest BCUT2D eigenvalue weighted by atomic mass is 79.9. The van der Waals surface area contributed by atoms with Crippen molar-refractivity contribution in [2.24, 2.45) is 5.14 Å². The standard InChI is InChI=1S/C6H4BrFN2O4S/c7-3-1-6(15(9,13)14)4(8)2-5(3)10(11)12/h1-2H,(H2,9,13,14). The van der Waals surface area contributed by atoms with Gasteiger partial charge in [-0.05, 0) is 22.0 Å². The summed E-state index contributed by atoms with van der Waals surface area (Å²) in [5.41, 5.74) is -0.570. The van der Waals surface area contributed by atoms with Crippen molar-refractivity contribution in [1.82, 2.24) is 0 Å². The van der Waals surface area contributed by atoms with Crippen LogP contribution in [0.2, 0.25) is 0 Å². The van der Waals surface area contributed by atoms with E-state index in [-0.39, 0.29) is 4.47 Å². The summed E-state index contributed by atoms with van der Waals surface area (Å²) in [4.78, 5) is 8.72. The molecule has 0 aromatic heterocycles. The predicted molar refractivity (Wildman–Crippen MR) is 52.1 cm³/mol. The number of rotatable bonds is 2. The van der Waals surface area contributed by atoms with Crippen LogP contribution in [0.5, 0.6) is 0 Å². The van der Waals surface area contributed by atoms with Gasteiger partial charge in [-0.1, -0.05) is 0 Å². The summed E-state index contributed by atoms with van der Waals surface area (Å²) in [6, 6.07) is 1.24. The first kappa shape index (κ1) is 12.0. The van der Waals surface area contributed by atoms with Gasteiger partial charge in [-0.15, -0.1) is 0 Å². The van der Waals surface area contributed by atoms with E-state index in [1.54, 1.807) is 0 Å². The van der Waals surface area contributed by atoms with Crippen molar-refractivity contribution in [2.45, 2.75) is 4.90 Å². The maximum absolute atomic E-state index is 13.1. The van der Waals surface area contributed by atoms with Crippen molar-refractivity contribution in [3.63, 3.8) is 0 Å². The summed E-state index contributed by atoms with van der Waals surface area (Å²) in [6.07, 6.45) is 0. The van der Waals surface area contributed by atoms with Gasteiger partial charge in [-0.25, -0.2) is 17.9 Å². The molecule has 82 valence electrons. The van der Waals surface area contributed by atoms with E-state index in [0.717, 1.165) is 6.07 Å². The molecule has 6 nitrogen and oxygen atoms in total. The minimum Gasteiger partial charge on any atom is -0.258 e. The first-order valence-corrected chi connectivity index (χ1v) is 5.73. The Morgan fingerprint density at radius 3 is 2.40 bits per heavy atom. The third-order valence-electron chi connectivity index (χ3n) is 1.50. The normalized spacial score (nSPS) is 11.4. The zero-order chi connectivity index (χ0) is 11.8. The topological polar surface area (TPSA) is 103 Å². The van der Waals surface area contributed by atoms with E-state index in [4.69, 9.17) is 5.14 Å². The van der Waals surface area contributed by atoms with Crippen molar-refractivity contribution in [1.29, 1.82) is 0 Å². The van der Waals surface area contributed by atoms with Crippen molar-refractivity contribution in [3.8, 4) is 0 Å². The van der Waals surface area contributed by atoms with Crippen LogP contribution < -0.4 is 5.14 Å². The first-order valence-electron chi connectivity index (χ1n) is 3.39. The fourth-order valence-corrected chi connectivity index (χ4v) is 2.13. The summed E-state index contributed by atoms with van der Waals surface area (Å²) in [5, 5.41) is 15.1. The third kappa shape index (κ3) is 2.49. The van der Waals surface area contributed by atoms with E-state index in [1.165, 1.54) is 0 Å². The Hall–Kier alpha value is -1.06. The van der Waals surface area contributed by atoms with Gasteiger partial charge in [0.2, 0.25) is 10.0 Å². The minimum atomic E-state index is -4.23. The first-order chi connectivity index (χ1) is 6.73. The third-order valence-corrected chi connectivity index (χ3v) is 3.07. The fraction of sp³-hybridized carbons (Fsp3) is 0. The van der Waals surface area contributed by atoms with Crippen molar-refractivity contribution in [2.75, 3.05) is 0 Å². The zero-order valence-electron chi connectivity index (χ0n) is 6.98. The Morgan fingerprint density at radius 2 is 2.00 bits per heavy atom. The van der Waals surface area contributed by atoms with E-state index in [9.17, 15) is 22.9 Å². The number of primary sulfonamides is 1. The molecule has 1 aromatic rings. The lowest BCUT2D eigenvalue weighted by Crippen LogP contribution is -2.14. The molecular formula is C6H4BrFN2O4S. The Labute approximate surface area is 92.2 Å². The van der Waals surface area contributed by atoms with Gasteiger partial charge in [-0.3, -0.25) is 10.1 Å². The van der Waals surface area contributed by atoms with Gasteiger partial charge in [0.25, 0.3) is 5.69 Å². The Bertz CT molecular complexity index is 530. The van der Waals surface area contributed by atoms with Gasteiger partial charge in [0.15, 0.2) is 0 Å². The lowest BCUT2D eigenvalue weighted by atomic mass is 10.3. The Kier molecular flexibility index (Phi) is 3.07. The Balaban J connectivity index is 3.52. The SMILES string of the molecule is NS(=O)(=O)c1cc(Br)c([N+](=O)[O-])cc1F. The molecule has 0 aliphatic rings. The summed E-state index contributed by atoms with van der Waals surface area (Å²) in [5.74, 6) is -1.26. The molecule has 0 amide bonds. The number of hydrogen-bond donors (Lipinski definition) is 1. The largest absolute Gasteiger partial charge is 0.286 e. The molecule has 0 fully saturated rings. The summed E-state index contributed by atoms with van der Waals surface area (Å²) in [6.45, 7) is 0. The van der Waals surface area contributed by atoms with Gasteiger partial charge in [0, 0.05) is 0 Å². The van der Waals surface area contributed by atoms with Crippen molar-refractivity contribution in [3.05, 3.63) is 32.5 Å². The van der Waals surface area contributed by atoms with Crippen LogP contribution in [0.1, 0.15) is 0 Å². The smallest absolute Gasteiger partial charge is 0.258 e. The highest BCUT2D eigenvalue weighted by Crippen LogP contribution is 2.29. The van der Waals surface area contributed by atoms with Crippen LogP contribution in [-0.4, -0.2) is 13.3 Å². The Morgan fingerprint density at radius 1 is 1.47 bits per heavy atom. The molecule has 0 saturated carbocycles. The van der Waals surface area contributed by atoms with Crippen LogP contribution in [0.25, 0.3) is 0 Å². The zero-order valence-corrected chi connectivity index (χ0v) is 9.38. The fourth-order valence-electron chi connectivity index (χ4n) is 0.876. The monoisotopic (exact) mass is 298 g/mol. The van der Waals surface area contributed by atoms with Gasteiger partial charge in [-0.2, -0.15) is 0 Å². The molecule has 0 bridgehead atoms. The molecule has 0 radical (unpaired) electrons. The summed E-state index contributed by atoms with van der Waals surface area (Å²) in [7, 11) is -4.23. The van der Waals surface area contributed by atoms with Crippen LogP contribution in [0.4, 0.5) is 10.1 Å². The molecule has 9 heteroatoms. The molecule has 1 aromatic carbocycles. The molecule has 2 N–H and O–H groups in total. The number of nitrogens with zero attached hydrogens (tertiary/aromatic N) is 1. The molecule has 0 aliphatic carbocycles. The molecule has 0 saturated heterocycles. The van der Waals surface area contributed by atoms with E-state index in [1.807, 2.05) is 0 Å². The molecular weight excluding hydrogens is 295 g/mol. The molecule has 0 spiro atoms. The second-order valence-electron chi connectivity index (χ2n) is 2.54. The number of halogens is 2. The molecule has 0 aliphatic heterocycles. The van der Waals surface area contributed by atoms with Crippen molar-refractivity contribution >= 4 is 31.6 Å². The maximum atomic E-state index is 13.1. The van der Waals surface area contributed by atoms with E-state index >= 15 is 0 Å². The number of nitro benzene ring substituents is 1. The number of benzene rings is 1. The molecule has 1 rings (SSSR count). The molecule has 0 heterocycles. The second-order valence-corrected chi connectivity index (χ2v) is 4.92. The highest BCUT2D eigenvalue weighted by Gasteiger charge is 2.21. The summed E-state index contributed by atoms with van der Waals surface area (Å²) < 4.78 is 34.6. The van der Waals surface area contributed by atoms with E-state index in [2.05, 4.69) is 15.9 Å². The van der Waals surface area contributed by atoms with Gasteiger partial charge in [0.05, 0.1) is 15.5 Å². The quantitative estimate of drug-likeness (QED) is 0.653. The van der Waals surface area contributed by atoms with E-state index < -0.39 is 31.3 Å². The number of sulfonamides is 1. The van der Waals surface area contributed by atoms with Crippen LogP contribution in [0.3, 0.4) is 0 Å². The van der Waals surface area contributed by atoms with Crippen molar-refractivity contribution < 1.29 is 17.7 Å². The molecule has 0 atom stereocenters. The highest BCUT2D eigenvalue weighted by molar-refractivity contribution is 9.10. The summed E-state index contributed by atoms with van der Waals surface area (Å²) >= 11 is 2.75. The number of nitro groups is 1. The number of hydrogen-bond acceptors (Lipinski definition) is 4. The van der Waals surface area contributed by atoms with Crippen LogP contribution in [0.15, 0.2) is 21.5 Å². The van der Waals surface area contributed by atoms with E-state index in [0.29, 0.717) is 6.07 Å². The van der Waals surface area contributed by atoms with Crippen LogP contribution in [-0.2, 0) is 10.0 Å². The lowest BCUT2D eigenvalue weighted by Gasteiger charge is -2.01.